The van der Waals surface area contributed by atoms with E-state index in [-0.39, 0.29) is 0 Å². The third kappa shape index (κ3) is 13.8. The molecule has 0 bridgehead atoms. The second-order valence-corrected chi connectivity index (χ2v) is 15.4. The van der Waals surface area contributed by atoms with Crippen LogP contribution < -0.4 is 20.5 Å². The Labute approximate surface area is 319 Å². The normalized spacial score (nSPS) is 12.1. The molecule has 0 spiro atoms. The Bertz CT molecular complexity index is 1910. The summed E-state index contributed by atoms with van der Waals surface area (Å²) in [4.78, 5) is 0. The second kappa shape index (κ2) is 21.6. The molecule has 4 aromatic carbocycles. The molecule has 0 aliphatic carbocycles. The molecule has 4 nitrogen and oxygen atoms in total. The SMILES string of the molecule is C/C=C(\C=C(\C)[NH2+]Cc1ccccc1)/C=C/c1ccc(NCCSSCCNc2ccc(/C=C/c3cc[n+](Cc4ccccc4)c(C)c3)cc2)cc1. The Balaban J connectivity index is 0.930. The van der Waals surface area contributed by atoms with Crippen molar-refractivity contribution in [2.45, 2.75) is 33.9 Å². The van der Waals surface area contributed by atoms with Gasteiger partial charge in [-0.25, -0.2) is 0 Å². The van der Waals surface area contributed by atoms with E-state index < -0.39 is 0 Å². The standard InChI is InChI=1S/C46H50N4S2/c1-4-39(33-37(2)49-35-43-11-7-5-8-12-43)15-16-40-19-23-45(24-20-40)47-28-31-51-52-32-29-48-46-25-21-41(22-26-46)17-18-42-27-30-50(38(3)34-42)36-44-13-9-6-10-14-44/h4-27,30,33-34,47,49H,28-29,31-32,35-36H2,1-3H3/p+2/b16-15+,37-33-,39-4-. The van der Waals surface area contributed by atoms with Crippen molar-refractivity contribution in [1.82, 2.24) is 0 Å². The molecule has 5 rings (SSSR count). The molecule has 0 amide bonds. The van der Waals surface area contributed by atoms with Gasteiger partial charge in [-0.2, -0.15) is 4.57 Å². The van der Waals surface area contributed by atoms with Gasteiger partial charge in [0.25, 0.3) is 0 Å². The summed E-state index contributed by atoms with van der Waals surface area (Å²) in [5.74, 6) is 2.11. The van der Waals surface area contributed by atoms with Crippen molar-refractivity contribution in [3.05, 3.63) is 191 Å². The Morgan fingerprint density at radius 2 is 1.23 bits per heavy atom. The number of hydrogen-bond acceptors (Lipinski definition) is 4. The molecule has 0 unspecified atom stereocenters. The van der Waals surface area contributed by atoms with Crippen molar-refractivity contribution in [3.8, 4) is 0 Å². The van der Waals surface area contributed by atoms with Crippen LogP contribution in [0.1, 0.15) is 47.4 Å². The maximum Gasteiger partial charge on any atom is 0.179 e. The van der Waals surface area contributed by atoms with Gasteiger partial charge in [0, 0.05) is 79.2 Å². The molecule has 6 heteroatoms. The fourth-order valence-corrected chi connectivity index (χ4v) is 7.38. The Morgan fingerprint density at radius 1 is 0.673 bits per heavy atom. The largest absolute Gasteiger partial charge is 0.384 e. The van der Waals surface area contributed by atoms with Gasteiger partial charge >= 0.3 is 0 Å². The van der Waals surface area contributed by atoms with E-state index in [0.29, 0.717) is 0 Å². The number of pyridine rings is 1. The zero-order valence-electron chi connectivity index (χ0n) is 30.7. The molecule has 0 aliphatic rings. The van der Waals surface area contributed by atoms with E-state index >= 15 is 0 Å². The summed E-state index contributed by atoms with van der Waals surface area (Å²) in [5.41, 5.74) is 12.3. The number of benzene rings is 4. The number of aromatic nitrogens is 1. The zero-order chi connectivity index (χ0) is 36.2. The molecule has 5 aromatic rings. The highest BCUT2D eigenvalue weighted by Crippen LogP contribution is 2.21. The van der Waals surface area contributed by atoms with Gasteiger partial charge in [-0.3, -0.25) is 0 Å². The van der Waals surface area contributed by atoms with Gasteiger partial charge in [-0.1, -0.05) is 137 Å². The fourth-order valence-electron chi connectivity index (χ4n) is 5.57. The number of nitrogens with two attached hydrogens (primary N) is 1. The summed E-state index contributed by atoms with van der Waals surface area (Å²) in [6.07, 6.45) is 15.3. The average Bonchev–Trinajstić information content (AvgIpc) is 3.18. The van der Waals surface area contributed by atoms with Crippen molar-refractivity contribution >= 4 is 51.2 Å². The third-order valence-corrected chi connectivity index (χ3v) is 11.0. The Hall–Kier alpha value is -4.75. The van der Waals surface area contributed by atoms with Gasteiger partial charge in [0.1, 0.15) is 12.2 Å². The van der Waals surface area contributed by atoms with Crippen molar-refractivity contribution in [1.29, 1.82) is 0 Å². The van der Waals surface area contributed by atoms with E-state index in [9.17, 15) is 0 Å². The molecular formula is C46H52N4S2+2. The highest BCUT2D eigenvalue weighted by Gasteiger charge is 2.07. The zero-order valence-corrected chi connectivity index (χ0v) is 32.3. The number of hydrogen-bond donors (Lipinski definition) is 3. The number of nitrogens with zero attached hydrogens (tertiary/aromatic N) is 1. The molecule has 1 aromatic heterocycles. The van der Waals surface area contributed by atoms with E-state index in [1.54, 1.807) is 0 Å². The van der Waals surface area contributed by atoms with E-state index in [1.165, 1.54) is 44.8 Å². The summed E-state index contributed by atoms with van der Waals surface area (Å²) in [5, 5.41) is 9.39. The van der Waals surface area contributed by atoms with Crippen molar-refractivity contribution in [2.75, 3.05) is 35.2 Å². The average molecular weight is 725 g/mol. The van der Waals surface area contributed by atoms with Crippen molar-refractivity contribution in [2.24, 2.45) is 0 Å². The quantitative estimate of drug-likeness (QED) is 0.0344. The first-order chi connectivity index (χ1) is 25.5. The lowest BCUT2D eigenvalue weighted by Crippen LogP contribution is -2.79. The molecule has 0 aliphatic heterocycles. The minimum atomic E-state index is 0.889. The van der Waals surface area contributed by atoms with Crippen LogP contribution in [0.15, 0.2) is 157 Å². The molecule has 0 radical (unpaired) electrons. The van der Waals surface area contributed by atoms with E-state index in [1.807, 2.05) is 21.6 Å². The Kier molecular flexibility index (Phi) is 16.0. The molecule has 1 heterocycles. The number of nitrogens with one attached hydrogen (secondary N) is 2. The lowest BCUT2D eigenvalue weighted by Gasteiger charge is -2.08. The van der Waals surface area contributed by atoms with Gasteiger partial charge in [0.2, 0.25) is 0 Å². The van der Waals surface area contributed by atoms with Gasteiger partial charge in [0.15, 0.2) is 18.4 Å². The fraction of sp³-hybridized carbons (Fsp3) is 0.196. The lowest BCUT2D eigenvalue weighted by atomic mass is 10.1. The van der Waals surface area contributed by atoms with E-state index in [2.05, 4.69) is 205 Å². The van der Waals surface area contributed by atoms with Gasteiger partial charge in [-0.05, 0) is 53.5 Å². The van der Waals surface area contributed by atoms with Crippen LogP contribution in [0.3, 0.4) is 0 Å². The van der Waals surface area contributed by atoms with Gasteiger partial charge in [0.05, 0.1) is 0 Å². The molecule has 4 N–H and O–H groups in total. The summed E-state index contributed by atoms with van der Waals surface area (Å²) < 4.78 is 2.29. The van der Waals surface area contributed by atoms with Crippen LogP contribution in [-0.2, 0) is 13.1 Å². The van der Waals surface area contributed by atoms with Gasteiger partial charge in [-0.15, -0.1) is 0 Å². The van der Waals surface area contributed by atoms with Crippen LogP contribution in [0.25, 0.3) is 18.2 Å². The van der Waals surface area contributed by atoms with Crippen molar-refractivity contribution in [3.63, 3.8) is 0 Å². The van der Waals surface area contributed by atoms with Crippen LogP contribution in [0.2, 0.25) is 0 Å². The highest BCUT2D eigenvalue weighted by atomic mass is 33.1. The topological polar surface area (TPSA) is 44.6 Å². The minimum absolute atomic E-state index is 0.889. The summed E-state index contributed by atoms with van der Waals surface area (Å²) in [6.45, 7) is 10.2. The molecule has 0 saturated carbocycles. The summed E-state index contributed by atoms with van der Waals surface area (Å²) in [7, 11) is 3.84. The highest BCUT2D eigenvalue weighted by molar-refractivity contribution is 8.76. The first-order valence-corrected chi connectivity index (χ1v) is 20.6. The van der Waals surface area contributed by atoms with E-state index in [0.717, 1.165) is 49.1 Å². The molecular weight excluding hydrogens is 673 g/mol. The second-order valence-electron chi connectivity index (χ2n) is 12.7. The predicted molar refractivity (Wildman–Crippen MR) is 229 cm³/mol. The predicted octanol–water partition coefficient (Wildman–Crippen LogP) is 10.0. The number of allylic oxidation sites excluding steroid dienone is 5. The van der Waals surface area contributed by atoms with Crippen LogP contribution in [0.5, 0.6) is 0 Å². The van der Waals surface area contributed by atoms with Crippen LogP contribution >= 0.6 is 21.6 Å². The molecule has 0 saturated heterocycles. The lowest BCUT2D eigenvalue weighted by molar-refractivity contribution is -0.694. The molecule has 0 fully saturated rings. The van der Waals surface area contributed by atoms with Crippen molar-refractivity contribution < 1.29 is 9.88 Å². The van der Waals surface area contributed by atoms with Crippen LogP contribution in [0.4, 0.5) is 11.4 Å². The van der Waals surface area contributed by atoms with Gasteiger partial charge < -0.3 is 16.0 Å². The smallest absolute Gasteiger partial charge is 0.179 e. The van der Waals surface area contributed by atoms with E-state index in [4.69, 9.17) is 0 Å². The van der Waals surface area contributed by atoms with Crippen LogP contribution in [0, 0.1) is 6.92 Å². The maximum absolute atomic E-state index is 3.55. The molecule has 0 atom stereocenters. The molecule has 266 valence electrons. The minimum Gasteiger partial charge on any atom is -0.384 e. The number of anilines is 2. The first-order valence-electron chi connectivity index (χ1n) is 18.1. The number of aryl methyl sites for hydroxylation is 1. The molecule has 52 heavy (non-hydrogen) atoms. The number of rotatable bonds is 19. The Morgan fingerprint density at radius 3 is 1.81 bits per heavy atom. The first kappa shape index (κ1) is 38.5. The number of quaternary nitrogens is 1. The van der Waals surface area contributed by atoms with Crippen LogP contribution in [-0.4, -0.2) is 24.6 Å². The summed E-state index contributed by atoms with van der Waals surface area (Å²) >= 11 is 0. The third-order valence-electron chi connectivity index (χ3n) is 8.57. The maximum atomic E-state index is 3.55. The summed E-state index contributed by atoms with van der Waals surface area (Å²) in [6, 6.07) is 43.0. The monoisotopic (exact) mass is 724 g/mol.